The van der Waals surface area contributed by atoms with Crippen molar-refractivity contribution in [2.24, 2.45) is 0 Å². The van der Waals surface area contributed by atoms with Gasteiger partial charge in [0.15, 0.2) is 6.10 Å². The summed E-state index contributed by atoms with van der Waals surface area (Å²) in [6.07, 6.45) is -0.387. The fourth-order valence-corrected chi connectivity index (χ4v) is 2.82. The van der Waals surface area contributed by atoms with Crippen LogP contribution in [0.25, 0.3) is 0 Å². The summed E-state index contributed by atoms with van der Waals surface area (Å²) in [6, 6.07) is 0. The Morgan fingerprint density at radius 2 is 1.73 bits per heavy atom. The number of rotatable bonds is 6. The van der Waals surface area contributed by atoms with E-state index in [0.717, 1.165) is 11.1 Å². The largest absolute Gasteiger partial charge is 0.466 e. The quantitative estimate of drug-likeness (QED) is 0.311. The van der Waals surface area contributed by atoms with Crippen LogP contribution in [0, 0.1) is 0 Å². The maximum Gasteiger partial charge on any atom is 0.303 e. The van der Waals surface area contributed by atoms with Crippen molar-refractivity contribution >= 4 is 17.9 Å². The van der Waals surface area contributed by atoms with E-state index in [4.69, 9.17) is 18.9 Å². The Hall–Kier alpha value is -1.89. The molecule has 1 fully saturated rings. The molecule has 2 aliphatic rings. The highest BCUT2D eigenvalue weighted by molar-refractivity contribution is 5.68. The Balaban J connectivity index is 2.18. The first-order chi connectivity index (χ1) is 10.3. The van der Waals surface area contributed by atoms with Gasteiger partial charge in [0.05, 0.1) is 6.61 Å². The van der Waals surface area contributed by atoms with Gasteiger partial charge in [0.25, 0.3) is 0 Å². The number of hydrogen-bond acceptors (Lipinski definition) is 7. The van der Waals surface area contributed by atoms with Crippen molar-refractivity contribution in [3.8, 4) is 0 Å². The maximum absolute atomic E-state index is 11.3. The molecule has 0 spiro atoms. The van der Waals surface area contributed by atoms with Gasteiger partial charge >= 0.3 is 17.9 Å². The fraction of sp³-hybridized carbons (Fsp3) is 0.667. The van der Waals surface area contributed by atoms with Gasteiger partial charge in [-0.1, -0.05) is 0 Å². The predicted molar refractivity (Wildman–Crippen MR) is 73.7 cm³/mol. The van der Waals surface area contributed by atoms with Crippen LogP contribution in [0.1, 0.15) is 34.1 Å². The zero-order valence-corrected chi connectivity index (χ0v) is 13.1. The first-order valence-corrected chi connectivity index (χ1v) is 7.10. The molecule has 0 aromatic carbocycles. The molecule has 0 aromatic rings. The monoisotopic (exact) mass is 312 g/mol. The second-order valence-electron chi connectivity index (χ2n) is 5.55. The lowest BCUT2D eigenvalue weighted by molar-refractivity contribution is -0.146. The Morgan fingerprint density at radius 1 is 1.09 bits per heavy atom. The summed E-state index contributed by atoms with van der Waals surface area (Å²) in [7, 11) is 0. The Labute approximate surface area is 128 Å². The molecule has 0 bridgehead atoms. The molecule has 0 N–H and O–H groups in total. The SMILES string of the molecule is CC(=O)OCCC1=C(COC(C)=O)[C@@]2(C)O[C@H]2[C@H]1OC(C)=O. The molecule has 1 heterocycles. The van der Waals surface area contributed by atoms with Crippen molar-refractivity contribution in [2.45, 2.75) is 51.9 Å². The van der Waals surface area contributed by atoms with E-state index >= 15 is 0 Å². The average molecular weight is 312 g/mol. The standard InChI is InChI=1S/C15H20O7/c1-8(16)19-6-5-11-12(7-20-9(2)17)15(4)14(22-15)13(11)21-10(3)18/h13-14H,5-7H2,1-4H3/t13-,14-,15+/m0/s1. The van der Waals surface area contributed by atoms with Gasteiger partial charge in [-0.05, 0) is 12.5 Å². The van der Waals surface area contributed by atoms with Crippen LogP contribution < -0.4 is 0 Å². The van der Waals surface area contributed by atoms with Gasteiger partial charge in [0, 0.05) is 32.8 Å². The van der Waals surface area contributed by atoms with Crippen LogP contribution in [-0.4, -0.2) is 48.9 Å². The van der Waals surface area contributed by atoms with Crippen LogP contribution >= 0.6 is 0 Å². The molecule has 7 nitrogen and oxygen atoms in total. The van der Waals surface area contributed by atoms with E-state index in [-0.39, 0.29) is 25.3 Å². The highest BCUT2D eigenvalue weighted by atomic mass is 16.7. The molecule has 0 amide bonds. The first kappa shape index (κ1) is 16.5. The Morgan fingerprint density at radius 3 is 2.27 bits per heavy atom. The third-order valence-electron chi connectivity index (χ3n) is 3.85. The van der Waals surface area contributed by atoms with Gasteiger partial charge in [-0.25, -0.2) is 0 Å². The smallest absolute Gasteiger partial charge is 0.303 e. The lowest BCUT2D eigenvalue weighted by Gasteiger charge is -2.19. The second kappa shape index (κ2) is 6.08. The average Bonchev–Trinajstić information content (AvgIpc) is 3.00. The predicted octanol–water partition coefficient (Wildman–Crippen LogP) is 0.902. The van der Waals surface area contributed by atoms with E-state index in [9.17, 15) is 14.4 Å². The number of ether oxygens (including phenoxy) is 4. The van der Waals surface area contributed by atoms with Crippen LogP contribution in [0.15, 0.2) is 11.1 Å². The van der Waals surface area contributed by atoms with Gasteiger partial charge in [-0.15, -0.1) is 0 Å². The Kier molecular flexibility index (Phi) is 4.55. The van der Waals surface area contributed by atoms with E-state index in [2.05, 4.69) is 0 Å². The van der Waals surface area contributed by atoms with Crippen molar-refractivity contribution in [2.75, 3.05) is 13.2 Å². The van der Waals surface area contributed by atoms with E-state index in [1.165, 1.54) is 20.8 Å². The maximum atomic E-state index is 11.3. The molecule has 0 saturated carbocycles. The molecular formula is C15H20O7. The molecule has 1 saturated heterocycles. The summed E-state index contributed by atoms with van der Waals surface area (Å²) in [5.41, 5.74) is 1.00. The number of esters is 3. The normalized spacial score (nSPS) is 28.9. The molecule has 0 unspecified atom stereocenters. The first-order valence-electron chi connectivity index (χ1n) is 7.10. The highest BCUT2D eigenvalue weighted by Gasteiger charge is 2.66. The van der Waals surface area contributed by atoms with Crippen LogP contribution in [0.5, 0.6) is 0 Å². The van der Waals surface area contributed by atoms with Crippen LogP contribution in [0.4, 0.5) is 0 Å². The molecule has 1 aliphatic heterocycles. The molecule has 1 aliphatic carbocycles. The summed E-state index contributed by atoms with van der Waals surface area (Å²) in [4.78, 5) is 33.2. The second-order valence-corrected chi connectivity index (χ2v) is 5.55. The number of hydrogen-bond donors (Lipinski definition) is 0. The summed E-state index contributed by atoms with van der Waals surface area (Å²) in [5, 5.41) is 0. The molecule has 3 atom stereocenters. The van der Waals surface area contributed by atoms with Crippen LogP contribution in [0.3, 0.4) is 0 Å². The van der Waals surface area contributed by atoms with Crippen molar-refractivity contribution in [3.05, 3.63) is 11.1 Å². The minimum atomic E-state index is -0.582. The molecule has 2 rings (SSSR count). The van der Waals surface area contributed by atoms with Crippen molar-refractivity contribution in [1.82, 2.24) is 0 Å². The molecule has 7 heteroatoms. The molecule has 0 aromatic heterocycles. The van der Waals surface area contributed by atoms with Gasteiger partial charge in [-0.3, -0.25) is 14.4 Å². The third kappa shape index (κ3) is 3.30. The van der Waals surface area contributed by atoms with E-state index in [1.807, 2.05) is 6.92 Å². The zero-order chi connectivity index (χ0) is 16.5. The van der Waals surface area contributed by atoms with Gasteiger partial charge in [-0.2, -0.15) is 0 Å². The molecule has 122 valence electrons. The zero-order valence-electron chi connectivity index (χ0n) is 13.1. The lowest BCUT2D eigenvalue weighted by Crippen LogP contribution is -2.24. The molecular weight excluding hydrogens is 292 g/mol. The minimum Gasteiger partial charge on any atom is -0.466 e. The fourth-order valence-electron chi connectivity index (χ4n) is 2.82. The number of carbonyl (C=O) groups is 3. The van der Waals surface area contributed by atoms with Gasteiger partial charge < -0.3 is 18.9 Å². The minimum absolute atomic E-state index is 0.0789. The molecule has 22 heavy (non-hydrogen) atoms. The van der Waals surface area contributed by atoms with Crippen molar-refractivity contribution in [1.29, 1.82) is 0 Å². The van der Waals surface area contributed by atoms with Gasteiger partial charge in [0.2, 0.25) is 0 Å². The number of fused-ring (bicyclic) bond motifs is 1. The number of epoxide rings is 1. The highest BCUT2D eigenvalue weighted by Crippen LogP contribution is 2.55. The summed E-state index contributed by atoms with van der Waals surface area (Å²) in [5.74, 6) is -1.19. The van der Waals surface area contributed by atoms with Crippen LogP contribution in [0.2, 0.25) is 0 Å². The van der Waals surface area contributed by atoms with E-state index < -0.39 is 23.6 Å². The van der Waals surface area contributed by atoms with Gasteiger partial charge in [0.1, 0.15) is 18.3 Å². The molecule has 0 radical (unpaired) electrons. The third-order valence-corrected chi connectivity index (χ3v) is 3.85. The number of carbonyl (C=O) groups excluding carboxylic acids is 3. The topological polar surface area (TPSA) is 91.4 Å². The Bertz CT molecular complexity index is 536. The summed E-state index contributed by atoms with van der Waals surface area (Å²) >= 11 is 0. The van der Waals surface area contributed by atoms with Crippen molar-refractivity contribution < 1.29 is 33.3 Å². The van der Waals surface area contributed by atoms with Crippen LogP contribution in [-0.2, 0) is 33.3 Å². The summed E-state index contributed by atoms with van der Waals surface area (Å²) < 4.78 is 21.0. The van der Waals surface area contributed by atoms with E-state index in [1.54, 1.807) is 0 Å². The van der Waals surface area contributed by atoms with Crippen molar-refractivity contribution in [3.63, 3.8) is 0 Å². The van der Waals surface area contributed by atoms with E-state index in [0.29, 0.717) is 6.42 Å². The summed E-state index contributed by atoms with van der Waals surface area (Å²) in [6.45, 7) is 6.10. The lowest BCUT2D eigenvalue weighted by atomic mass is 10.0.